The average Bonchev–Trinajstić information content (AvgIpc) is 2.69. The molecule has 1 saturated heterocycles. The van der Waals surface area contributed by atoms with Crippen molar-refractivity contribution in [3.05, 3.63) is 65.7 Å². The monoisotopic (exact) mass is 425 g/mol. The van der Waals surface area contributed by atoms with Crippen LogP contribution in [0.15, 0.2) is 54.6 Å². The number of benzene rings is 2. The molecule has 3 rings (SSSR count). The highest BCUT2D eigenvalue weighted by molar-refractivity contribution is 5.85. The summed E-state index contributed by atoms with van der Waals surface area (Å²) in [5.41, 5.74) is 8.38. The van der Waals surface area contributed by atoms with Gasteiger partial charge in [0.1, 0.15) is 5.75 Å². The third-order valence-electron chi connectivity index (χ3n) is 4.93. The number of hydrogen-bond donors (Lipinski definition) is 1. The molecule has 28 heavy (non-hydrogen) atoms. The van der Waals surface area contributed by atoms with Gasteiger partial charge in [-0.15, -0.1) is 24.8 Å². The molecule has 1 aliphatic heterocycles. The summed E-state index contributed by atoms with van der Waals surface area (Å²) in [6.07, 6.45) is 0.358. The summed E-state index contributed by atoms with van der Waals surface area (Å²) in [7, 11) is 1.70. The van der Waals surface area contributed by atoms with E-state index in [4.69, 9.17) is 10.5 Å². The van der Waals surface area contributed by atoms with Crippen LogP contribution in [-0.2, 0) is 11.3 Å². The van der Waals surface area contributed by atoms with Gasteiger partial charge in [-0.05, 0) is 11.6 Å². The fourth-order valence-electron chi connectivity index (χ4n) is 3.37. The third kappa shape index (κ3) is 6.38. The van der Waals surface area contributed by atoms with E-state index in [1.807, 2.05) is 53.4 Å². The van der Waals surface area contributed by atoms with Crippen LogP contribution < -0.4 is 10.5 Å². The molecule has 2 aromatic rings. The zero-order valence-corrected chi connectivity index (χ0v) is 17.8. The van der Waals surface area contributed by atoms with E-state index in [9.17, 15) is 4.79 Å². The van der Waals surface area contributed by atoms with Crippen molar-refractivity contribution in [1.82, 2.24) is 9.80 Å². The molecule has 7 heteroatoms. The molecule has 1 atom stereocenters. The van der Waals surface area contributed by atoms with E-state index in [1.54, 1.807) is 7.11 Å². The number of para-hydroxylation sites is 1. The van der Waals surface area contributed by atoms with Gasteiger partial charge in [0.15, 0.2) is 0 Å². The van der Waals surface area contributed by atoms with Crippen LogP contribution >= 0.6 is 24.8 Å². The van der Waals surface area contributed by atoms with Gasteiger partial charge >= 0.3 is 0 Å². The van der Waals surface area contributed by atoms with Crippen LogP contribution in [0.1, 0.15) is 23.6 Å². The van der Waals surface area contributed by atoms with Gasteiger partial charge in [-0.3, -0.25) is 9.69 Å². The summed E-state index contributed by atoms with van der Waals surface area (Å²) in [5.74, 6) is 1.05. The number of carbonyl (C=O) groups excluding carboxylic acids is 1. The van der Waals surface area contributed by atoms with Crippen molar-refractivity contribution in [3.63, 3.8) is 0 Å². The second-order valence-electron chi connectivity index (χ2n) is 6.69. The second kappa shape index (κ2) is 11.9. The van der Waals surface area contributed by atoms with Gasteiger partial charge < -0.3 is 15.4 Å². The van der Waals surface area contributed by atoms with Gasteiger partial charge in [-0.2, -0.15) is 0 Å². The molecule has 0 spiro atoms. The molecule has 2 aromatic carbocycles. The van der Waals surface area contributed by atoms with Crippen molar-refractivity contribution in [2.45, 2.75) is 19.0 Å². The maximum atomic E-state index is 12.6. The fraction of sp³-hybridized carbons (Fsp3) is 0.381. The van der Waals surface area contributed by atoms with Gasteiger partial charge in [-0.25, -0.2) is 0 Å². The number of amides is 1. The first-order valence-electron chi connectivity index (χ1n) is 9.10. The highest BCUT2D eigenvalue weighted by Crippen LogP contribution is 2.20. The van der Waals surface area contributed by atoms with Crippen LogP contribution in [0.3, 0.4) is 0 Å². The van der Waals surface area contributed by atoms with Crippen molar-refractivity contribution in [2.75, 3.05) is 33.3 Å². The number of methoxy groups -OCH3 is 1. The van der Waals surface area contributed by atoms with Crippen LogP contribution in [0.5, 0.6) is 5.75 Å². The lowest BCUT2D eigenvalue weighted by molar-refractivity contribution is -0.133. The van der Waals surface area contributed by atoms with Gasteiger partial charge in [0.25, 0.3) is 0 Å². The molecule has 0 saturated carbocycles. The summed E-state index contributed by atoms with van der Waals surface area (Å²) in [5, 5.41) is 0. The summed E-state index contributed by atoms with van der Waals surface area (Å²) in [6.45, 7) is 4.06. The Labute approximate surface area is 179 Å². The van der Waals surface area contributed by atoms with Gasteiger partial charge in [0, 0.05) is 50.7 Å². The summed E-state index contributed by atoms with van der Waals surface area (Å²) in [4.78, 5) is 16.8. The highest BCUT2D eigenvalue weighted by Gasteiger charge is 2.23. The first kappa shape index (κ1) is 24.2. The van der Waals surface area contributed by atoms with Crippen molar-refractivity contribution in [3.8, 4) is 5.75 Å². The largest absolute Gasteiger partial charge is 0.496 e. The van der Waals surface area contributed by atoms with Crippen molar-refractivity contribution in [2.24, 2.45) is 5.73 Å². The Morgan fingerprint density at radius 3 is 2.25 bits per heavy atom. The lowest BCUT2D eigenvalue weighted by Gasteiger charge is -2.35. The van der Waals surface area contributed by atoms with Crippen LogP contribution in [0.25, 0.3) is 0 Å². The van der Waals surface area contributed by atoms with E-state index in [0.29, 0.717) is 6.42 Å². The molecule has 5 nitrogen and oxygen atoms in total. The maximum Gasteiger partial charge on any atom is 0.224 e. The molecular weight excluding hydrogens is 397 g/mol. The van der Waals surface area contributed by atoms with Gasteiger partial charge in [0.05, 0.1) is 7.11 Å². The number of hydrogen-bond acceptors (Lipinski definition) is 4. The zero-order chi connectivity index (χ0) is 18.4. The van der Waals surface area contributed by atoms with Crippen LogP contribution in [-0.4, -0.2) is 49.0 Å². The molecule has 1 aliphatic rings. The number of rotatable bonds is 6. The summed E-state index contributed by atoms with van der Waals surface area (Å²) in [6, 6.07) is 17.7. The lowest BCUT2D eigenvalue weighted by Crippen LogP contribution is -2.48. The molecule has 154 valence electrons. The quantitative estimate of drug-likeness (QED) is 0.771. The van der Waals surface area contributed by atoms with Gasteiger partial charge in [0.2, 0.25) is 5.91 Å². The van der Waals surface area contributed by atoms with E-state index in [1.165, 1.54) is 5.56 Å². The summed E-state index contributed by atoms with van der Waals surface area (Å²) < 4.78 is 5.43. The molecule has 0 radical (unpaired) electrons. The molecule has 1 heterocycles. The zero-order valence-electron chi connectivity index (χ0n) is 16.1. The second-order valence-corrected chi connectivity index (χ2v) is 6.69. The Kier molecular flexibility index (Phi) is 10.3. The topological polar surface area (TPSA) is 58.8 Å². The minimum atomic E-state index is -0.240. The van der Waals surface area contributed by atoms with Crippen LogP contribution in [0.4, 0.5) is 0 Å². The molecular formula is C21H29Cl2N3O2. The molecule has 1 amide bonds. The number of ether oxygens (including phenoxy) is 1. The maximum absolute atomic E-state index is 12.6. The lowest BCUT2D eigenvalue weighted by atomic mass is 10.0. The van der Waals surface area contributed by atoms with Crippen LogP contribution in [0, 0.1) is 0 Å². The Hall–Kier alpha value is -1.79. The van der Waals surface area contributed by atoms with Crippen LogP contribution in [0.2, 0.25) is 0 Å². The van der Waals surface area contributed by atoms with E-state index in [0.717, 1.165) is 44.0 Å². The van der Waals surface area contributed by atoms with E-state index in [2.05, 4.69) is 11.0 Å². The predicted molar refractivity (Wildman–Crippen MR) is 117 cm³/mol. The smallest absolute Gasteiger partial charge is 0.224 e. The van der Waals surface area contributed by atoms with Crippen molar-refractivity contribution < 1.29 is 9.53 Å². The highest BCUT2D eigenvalue weighted by atomic mass is 35.5. The molecule has 0 bridgehead atoms. The van der Waals surface area contributed by atoms with Crippen molar-refractivity contribution >= 4 is 30.7 Å². The number of piperazine rings is 1. The number of nitrogens with zero attached hydrogens (tertiary/aromatic N) is 2. The summed E-state index contributed by atoms with van der Waals surface area (Å²) >= 11 is 0. The Bertz CT molecular complexity index is 723. The minimum Gasteiger partial charge on any atom is -0.496 e. The Balaban J connectivity index is 0.00000196. The number of carbonyl (C=O) groups is 1. The van der Waals surface area contributed by atoms with E-state index in [-0.39, 0.29) is 36.8 Å². The van der Waals surface area contributed by atoms with Crippen molar-refractivity contribution in [1.29, 1.82) is 0 Å². The molecule has 1 fully saturated rings. The number of nitrogens with two attached hydrogens (primary N) is 1. The molecule has 0 aromatic heterocycles. The molecule has 2 N–H and O–H groups in total. The minimum absolute atomic E-state index is 0. The average molecular weight is 426 g/mol. The fourth-order valence-corrected chi connectivity index (χ4v) is 3.37. The first-order chi connectivity index (χ1) is 12.7. The number of halogens is 2. The Morgan fingerprint density at radius 1 is 1.00 bits per heavy atom. The van der Waals surface area contributed by atoms with E-state index >= 15 is 0 Å². The third-order valence-corrected chi connectivity index (χ3v) is 4.93. The SMILES string of the molecule is COc1ccccc1CN1CCN(C(=O)CC(N)c2ccccc2)CC1.Cl.Cl. The standard InChI is InChI=1S/C21H27N3O2.2ClH/c1-26-20-10-6-5-9-18(20)16-23-11-13-24(14-12-23)21(25)15-19(22)17-7-3-2-4-8-17;;/h2-10,19H,11-16,22H2,1H3;2*1H. The normalized spacial score (nSPS) is 15.1. The van der Waals surface area contributed by atoms with E-state index < -0.39 is 0 Å². The first-order valence-corrected chi connectivity index (χ1v) is 9.10. The van der Waals surface area contributed by atoms with Gasteiger partial charge in [-0.1, -0.05) is 48.5 Å². The molecule has 0 aliphatic carbocycles. The molecule has 1 unspecified atom stereocenters. The Morgan fingerprint density at radius 2 is 1.61 bits per heavy atom. The predicted octanol–water partition coefficient (Wildman–Crippen LogP) is 3.27.